The Morgan fingerprint density at radius 2 is 2.00 bits per heavy atom. The lowest BCUT2D eigenvalue weighted by Crippen LogP contribution is -2.62. The number of carbonyl (C=O) groups excluding carboxylic acids is 2. The summed E-state index contributed by atoms with van der Waals surface area (Å²) < 4.78 is 27.4. The topological polar surface area (TPSA) is 118 Å². The molecule has 0 aromatic carbocycles. The highest BCUT2D eigenvalue weighted by atomic mass is 32.2. The molecule has 4 aliphatic rings. The fourth-order valence-electron chi connectivity index (χ4n) is 7.49. The van der Waals surface area contributed by atoms with Crippen molar-refractivity contribution in [1.82, 2.24) is 0 Å². The van der Waals surface area contributed by atoms with Gasteiger partial charge in [0.05, 0.1) is 12.4 Å². The zero-order chi connectivity index (χ0) is 23.0. The van der Waals surface area contributed by atoms with Crippen molar-refractivity contribution in [3.05, 3.63) is 23.8 Å². The Bertz CT molecular complexity index is 982. The molecule has 172 valence electrons. The van der Waals surface area contributed by atoms with Gasteiger partial charge in [-0.25, -0.2) is 0 Å². The third-order valence-electron chi connectivity index (χ3n) is 8.83. The van der Waals surface area contributed by atoms with E-state index >= 15 is 0 Å². The predicted molar refractivity (Wildman–Crippen MR) is 113 cm³/mol. The lowest BCUT2D eigenvalue weighted by Gasteiger charge is -2.60. The second-order valence-corrected chi connectivity index (χ2v) is 12.2. The third-order valence-corrected chi connectivity index (χ3v) is 9.38. The van der Waals surface area contributed by atoms with Crippen LogP contribution in [0.4, 0.5) is 0 Å². The van der Waals surface area contributed by atoms with Crippen LogP contribution >= 0.6 is 0 Å². The summed E-state index contributed by atoms with van der Waals surface area (Å²) in [6.07, 6.45) is 7.17. The molecule has 0 saturated heterocycles. The molecule has 4 aliphatic carbocycles. The third kappa shape index (κ3) is 3.29. The molecule has 0 spiro atoms. The summed E-state index contributed by atoms with van der Waals surface area (Å²) in [4.78, 5) is 25.0. The second kappa shape index (κ2) is 7.07. The average Bonchev–Trinajstić information content (AvgIpc) is 2.92. The van der Waals surface area contributed by atoms with Crippen LogP contribution in [0.1, 0.15) is 46.5 Å². The van der Waals surface area contributed by atoms with E-state index in [1.54, 1.807) is 12.2 Å². The van der Waals surface area contributed by atoms with Crippen molar-refractivity contribution in [3.63, 3.8) is 0 Å². The first-order chi connectivity index (χ1) is 14.2. The maximum absolute atomic E-state index is 13.0. The van der Waals surface area contributed by atoms with Crippen molar-refractivity contribution in [2.45, 2.75) is 58.2 Å². The highest BCUT2D eigenvalue weighted by molar-refractivity contribution is 7.86. The van der Waals surface area contributed by atoms with E-state index < -0.39 is 45.0 Å². The van der Waals surface area contributed by atoms with E-state index in [2.05, 4.69) is 13.8 Å². The molecular formula is C23H32O7S. The molecule has 2 N–H and O–H groups in total. The van der Waals surface area contributed by atoms with Crippen LogP contribution in [-0.4, -0.2) is 54.8 Å². The van der Waals surface area contributed by atoms with E-state index in [4.69, 9.17) is 4.18 Å². The molecule has 0 bridgehead atoms. The molecule has 0 heterocycles. The molecule has 0 unspecified atom stereocenters. The van der Waals surface area contributed by atoms with E-state index in [9.17, 15) is 28.2 Å². The Hall–Kier alpha value is -1.35. The van der Waals surface area contributed by atoms with E-state index in [1.165, 1.54) is 0 Å². The zero-order valence-electron chi connectivity index (χ0n) is 18.5. The van der Waals surface area contributed by atoms with Gasteiger partial charge in [-0.3, -0.25) is 13.8 Å². The molecule has 8 heteroatoms. The number of ketones is 2. The minimum Gasteiger partial charge on any atom is -0.393 e. The first-order valence-electron chi connectivity index (χ1n) is 11.0. The molecule has 0 aliphatic heterocycles. The van der Waals surface area contributed by atoms with Gasteiger partial charge in [0.1, 0.15) is 12.2 Å². The monoisotopic (exact) mass is 452 g/mol. The van der Waals surface area contributed by atoms with Gasteiger partial charge in [-0.2, -0.15) is 8.42 Å². The van der Waals surface area contributed by atoms with Crippen LogP contribution in [0.15, 0.2) is 23.8 Å². The van der Waals surface area contributed by atoms with Crippen molar-refractivity contribution in [3.8, 4) is 0 Å². The van der Waals surface area contributed by atoms with Crippen LogP contribution in [0, 0.1) is 34.5 Å². The standard InChI is InChI=1S/C23H32O7S/c1-13-9-15-16-6-8-23(27,19(26)12-30-31(4,28)29)22(16,3)11-18(25)20(15)21(2)7-5-14(24)10-17(13)21/h5,7,10,13,15-16,18,20,25,27H,6,8-9,11-12H2,1-4H3/t13-,15-,16-,18-,20+,21-,22-,23-/m0/s1. The van der Waals surface area contributed by atoms with E-state index in [1.807, 2.05) is 13.0 Å². The molecule has 0 amide bonds. The molecule has 4 rings (SSSR count). The Morgan fingerprint density at radius 3 is 2.65 bits per heavy atom. The summed E-state index contributed by atoms with van der Waals surface area (Å²) in [6.45, 7) is 5.32. The van der Waals surface area contributed by atoms with Gasteiger partial charge in [0.2, 0.25) is 0 Å². The van der Waals surface area contributed by atoms with Crippen molar-refractivity contribution >= 4 is 21.7 Å². The number of rotatable bonds is 4. The van der Waals surface area contributed by atoms with Crippen LogP contribution < -0.4 is 0 Å². The maximum atomic E-state index is 13.0. The van der Waals surface area contributed by atoms with Gasteiger partial charge in [0.25, 0.3) is 10.1 Å². The number of allylic oxidation sites excluding steroid dienone is 4. The highest BCUT2D eigenvalue weighted by Gasteiger charge is 2.68. The molecule has 0 aromatic rings. The number of hydrogen-bond donors (Lipinski definition) is 2. The van der Waals surface area contributed by atoms with E-state index in [0.717, 1.165) is 18.2 Å². The molecular weight excluding hydrogens is 420 g/mol. The van der Waals surface area contributed by atoms with Gasteiger partial charge in [0, 0.05) is 16.7 Å². The fourth-order valence-corrected chi connectivity index (χ4v) is 7.81. The maximum Gasteiger partial charge on any atom is 0.264 e. The predicted octanol–water partition coefficient (Wildman–Crippen LogP) is 1.79. The number of fused-ring (bicyclic) bond motifs is 5. The summed E-state index contributed by atoms with van der Waals surface area (Å²) in [5.41, 5.74) is -2.01. The number of aliphatic hydroxyl groups excluding tert-OH is 1. The lowest BCUT2D eigenvalue weighted by atomic mass is 9.45. The van der Waals surface area contributed by atoms with Crippen LogP contribution in [0.2, 0.25) is 0 Å². The van der Waals surface area contributed by atoms with Crippen LogP contribution in [0.3, 0.4) is 0 Å². The summed E-state index contributed by atoms with van der Waals surface area (Å²) in [5, 5.41) is 22.9. The molecule has 0 aromatic heterocycles. The lowest BCUT2D eigenvalue weighted by molar-refractivity contribution is -0.179. The molecule has 7 nitrogen and oxygen atoms in total. The van der Waals surface area contributed by atoms with Crippen molar-refractivity contribution < 1.29 is 32.4 Å². The van der Waals surface area contributed by atoms with Crippen LogP contribution in [-0.2, 0) is 23.9 Å². The smallest absolute Gasteiger partial charge is 0.264 e. The summed E-state index contributed by atoms with van der Waals surface area (Å²) in [7, 11) is -3.81. The Morgan fingerprint density at radius 1 is 1.32 bits per heavy atom. The number of Topliss-reactive ketones (excluding diaryl/α,β-unsaturated/α-hetero) is 1. The highest BCUT2D eigenvalue weighted by Crippen LogP contribution is 2.67. The quantitative estimate of drug-likeness (QED) is 0.624. The van der Waals surface area contributed by atoms with Gasteiger partial charge in [-0.05, 0) is 55.6 Å². The number of carbonyl (C=O) groups is 2. The van der Waals surface area contributed by atoms with Gasteiger partial charge in [-0.15, -0.1) is 0 Å². The SMILES string of the molecule is C[C@H]1C[C@@H]2[C@H]([C@@H](O)C[C@@]3(C)[C@H]2CC[C@]3(O)C(=O)COS(C)(=O)=O)[C@@]2(C)C=CC(=O)C=C12. The molecule has 3 fully saturated rings. The van der Waals surface area contributed by atoms with E-state index in [-0.39, 0.29) is 42.3 Å². The summed E-state index contributed by atoms with van der Waals surface area (Å²) in [5.74, 6) is -0.567. The molecule has 3 saturated carbocycles. The van der Waals surface area contributed by atoms with Crippen molar-refractivity contribution in [2.75, 3.05) is 12.9 Å². The first kappa shape index (κ1) is 22.8. The minimum atomic E-state index is -3.81. The average molecular weight is 453 g/mol. The summed E-state index contributed by atoms with van der Waals surface area (Å²) in [6, 6.07) is 0. The zero-order valence-corrected chi connectivity index (χ0v) is 19.3. The number of hydrogen-bond acceptors (Lipinski definition) is 7. The Balaban J connectivity index is 1.69. The number of aliphatic hydroxyl groups is 2. The van der Waals surface area contributed by atoms with Gasteiger partial charge < -0.3 is 10.2 Å². The summed E-state index contributed by atoms with van der Waals surface area (Å²) >= 11 is 0. The van der Waals surface area contributed by atoms with Crippen molar-refractivity contribution in [1.29, 1.82) is 0 Å². The normalized spacial score (nSPS) is 46.7. The second-order valence-electron chi connectivity index (χ2n) is 10.5. The van der Waals surface area contributed by atoms with Crippen LogP contribution in [0.25, 0.3) is 0 Å². The molecule has 0 radical (unpaired) electrons. The van der Waals surface area contributed by atoms with Crippen LogP contribution in [0.5, 0.6) is 0 Å². The van der Waals surface area contributed by atoms with Gasteiger partial charge in [-0.1, -0.05) is 32.4 Å². The van der Waals surface area contributed by atoms with Gasteiger partial charge >= 0.3 is 0 Å². The largest absolute Gasteiger partial charge is 0.393 e. The Kier molecular flexibility index (Phi) is 5.21. The molecule has 8 atom stereocenters. The minimum absolute atomic E-state index is 0.0000586. The fraction of sp³-hybridized carbons (Fsp3) is 0.739. The van der Waals surface area contributed by atoms with E-state index in [0.29, 0.717) is 6.42 Å². The first-order valence-corrected chi connectivity index (χ1v) is 12.8. The Labute approximate surface area is 183 Å². The van der Waals surface area contributed by atoms with Gasteiger partial charge in [0.15, 0.2) is 11.6 Å². The molecule has 31 heavy (non-hydrogen) atoms. The van der Waals surface area contributed by atoms with Crippen molar-refractivity contribution in [2.24, 2.45) is 34.5 Å².